The average Bonchev–Trinajstić information content (AvgIpc) is 2.48. The second-order valence-electron chi connectivity index (χ2n) is 3.24. The first-order chi connectivity index (χ1) is 6.83. The summed E-state index contributed by atoms with van der Waals surface area (Å²) in [6, 6.07) is 0.729. The number of hydrogen-bond acceptors (Lipinski definition) is 2. The standard InChI is InChI=1S/C8H18N2.2C2H6/c1-9-8-5-3-4-6-10(2)7-8;2*1-2/h8-9H,3-7H2,1-2H3;2*1-2H3. The van der Waals surface area contributed by atoms with Gasteiger partial charge >= 0.3 is 0 Å². The fraction of sp³-hybridized carbons (Fsp3) is 1.00. The molecule has 1 fully saturated rings. The third kappa shape index (κ3) is 8.52. The zero-order valence-electron chi connectivity index (χ0n) is 11.1. The molecule has 1 aliphatic heterocycles. The van der Waals surface area contributed by atoms with Crippen LogP contribution < -0.4 is 5.32 Å². The zero-order chi connectivity index (χ0) is 11.4. The highest BCUT2D eigenvalue weighted by molar-refractivity contribution is 4.72. The van der Waals surface area contributed by atoms with Crippen molar-refractivity contribution in [1.82, 2.24) is 10.2 Å². The lowest BCUT2D eigenvalue weighted by Gasteiger charge is -2.18. The number of nitrogens with one attached hydrogen (secondary N) is 1. The van der Waals surface area contributed by atoms with Gasteiger partial charge in [0.1, 0.15) is 0 Å². The molecular formula is C12H30N2. The summed E-state index contributed by atoms with van der Waals surface area (Å²) in [5.41, 5.74) is 0. The summed E-state index contributed by atoms with van der Waals surface area (Å²) in [6.45, 7) is 10.5. The van der Waals surface area contributed by atoms with Gasteiger partial charge in [0.2, 0.25) is 0 Å². The van der Waals surface area contributed by atoms with Crippen LogP contribution in [0.2, 0.25) is 0 Å². The van der Waals surface area contributed by atoms with Gasteiger partial charge in [-0.25, -0.2) is 0 Å². The lowest BCUT2D eigenvalue weighted by Crippen LogP contribution is -2.35. The van der Waals surface area contributed by atoms with Crippen LogP contribution in [0.25, 0.3) is 0 Å². The first-order valence-corrected chi connectivity index (χ1v) is 6.18. The zero-order valence-corrected chi connectivity index (χ0v) is 11.1. The van der Waals surface area contributed by atoms with E-state index in [9.17, 15) is 0 Å². The number of likely N-dealkylation sites (tertiary alicyclic amines) is 1. The minimum atomic E-state index is 0.729. The summed E-state index contributed by atoms with van der Waals surface area (Å²) in [4.78, 5) is 2.41. The SMILES string of the molecule is CC.CC.CNC1CCCCN(C)C1. The summed E-state index contributed by atoms with van der Waals surface area (Å²) in [5.74, 6) is 0. The van der Waals surface area contributed by atoms with Gasteiger partial charge in [0.05, 0.1) is 0 Å². The minimum absolute atomic E-state index is 0.729. The van der Waals surface area contributed by atoms with Crippen LogP contribution in [-0.4, -0.2) is 38.1 Å². The molecule has 2 nitrogen and oxygen atoms in total. The Morgan fingerprint density at radius 3 is 2.14 bits per heavy atom. The summed E-state index contributed by atoms with van der Waals surface area (Å²) in [6.07, 6.45) is 4.10. The highest BCUT2D eigenvalue weighted by Crippen LogP contribution is 2.07. The van der Waals surface area contributed by atoms with Crippen molar-refractivity contribution in [3.63, 3.8) is 0 Å². The van der Waals surface area contributed by atoms with Crippen molar-refractivity contribution in [2.45, 2.75) is 53.0 Å². The fourth-order valence-electron chi connectivity index (χ4n) is 1.57. The van der Waals surface area contributed by atoms with Crippen LogP contribution in [-0.2, 0) is 0 Å². The topological polar surface area (TPSA) is 15.3 Å². The van der Waals surface area contributed by atoms with E-state index in [2.05, 4.69) is 24.3 Å². The van der Waals surface area contributed by atoms with Crippen molar-refractivity contribution in [3.05, 3.63) is 0 Å². The van der Waals surface area contributed by atoms with Crippen molar-refractivity contribution >= 4 is 0 Å². The second kappa shape index (κ2) is 12.9. The number of rotatable bonds is 1. The highest BCUT2D eigenvalue weighted by atomic mass is 15.1. The predicted molar refractivity (Wildman–Crippen MR) is 66.9 cm³/mol. The van der Waals surface area contributed by atoms with E-state index in [-0.39, 0.29) is 0 Å². The van der Waals surface area contributed by atoms with Crippen molar-refractivity contribution < 1.29 is 0 Å². The van der Waals surface area contributed by atoms with Crippen molar-refractivity contribution in [2.75, 3.05) is 27.2 Å². The Kier molecular flexibility index (Phi) is 15.1. The summed E-state index contributed by atoms with van der Waals surface area (Å²) in [5, 5.41) is 3.33. The molecule has 1 heterocycles. The Bertz CT molecular complexity index is 94.3. The molecule has 1 aliphatic rings. The Morgan fingerprint density at radius 1 is 1.07 bits per heavy atom. The monoisotopic (exact) mass is 202 g/mol. The maximum Gasteiger partial charge on any atom is 0.0191 e. The molecule has 0 amide bonds. The maximum absolute atomic E-state index is 3.33. The van der Waals surface area contributed by atoms with Gasteiger partial charge in [0.15, 0.2) is 0 Å². The molecule has 0 aliphatic carbocycles. The van der Waals surface area contributed by atoms with E-state index >= 15 is 0 Å². The lowest BCUT2D eigenvalue weighted by atomic mass is 10.1. The van der Waals surface area contributed by atoms with E-state index in [1.165, 1.54) is 32.4 Å². The van der Waals surface area contributed by atoms with Crippen molar-refractivity contribution in [3.8, 4) is 0 Å². The van der Waals surface area contributed by atoms with Crippen LogP contribution in [0.5, 0.6) is 0 Å². The molecule has 1 N–H and O–H groups in total. The Labute approximate surface area is 91.1 Å². The minimum Gasteiger partial charge on any atom is -0.316 e. The van der Waals surface area contributed by atoms with Crippen molar-refractivity contribution in [2.24, 2.45) is 0 Å². The molecule has 88 valence electrons. The van der Waals surface area contributed by atoms with E-state index in [1.54, 1.807) is 0 Å². The van der Waals surface area contributed by atoms with Gasteiger partial charge in [0.25, 0.3) is 0 Å². The number of nitrogens with zero attached hydrogens (tertiary/aromatic N) is 1. The van der Waals surface area contributed by atoms with Crippen molar-refractivity contribution in [1.29, 1.82) is 0 Å². The molecule has 1 saturated heterocycles. The van der Waals surface area contributed by atoms with Gasteiger partial charge < -0.3 is 10.2 Å². The molecule has 0 bridgehead atoms. The van der Waals surface area contributed by atoms with E-state index in [4.69, 9.17) is 0 Å². The summed E-state index contributed by atoms with van der Waals surface area (Å²) >= 11 is 0. The van der Waals surface area contributed by atoms with Gasteiger partial charge in [-0.05, 0) is 33.5 Å². The van der Waals surface area contributed by atoms with Crippen LogP contribution in [0.15, 0.2) is 0 Å². The van der Waals surface area contributed by atoms with E-state index < -0.39 is 0 Å². The van der Waals surface area contributed by atoms with E-state index in [1.807, 2.05) is 27.7 Å². The second-order valence-corrected chi connectivity index (χ2v) is 3.24. The molecule has 14 heavy (non-hydrogen) atoms. The third-order valence-electron chi connectivity index (χ3n) is 2.28. The lowest BCUT2D eigenvalue weighted by molar-refractivity contribution is 0.317. The molecule has 1 unspecified atom stereocenters. The summed E-state index contributed by atoms with van der Waals surface area (Å²) < 4.78 is 0. The Hall–Kier alpha value is -0.0800. The Balaban J connectivity index is 0. The molecule has 0 radical (unpaired) electrons. The largest absolute Gasteiger partial charge is 0.316 e. The predicted octanol–water partition coefficient (Wildman–Crippen LogP) is 2.74. The molecule has 0 aromatic carbocycles. The average molecular weight is 202 g/mol. The van der Waals surface area contributed by atoms with Crippen LogP contribution in [0.3, 0.4) is 0 Å². The van der Waals surface area contributed by atoms with Gasteiger partial charge in [-0.3, -0.25) is 0 Å². The van der Waals surface area contributed by atoms with Gasteiger partial charge in [-0.15, -0.1) is 0 Å². The number of likely N-dealkylation sites (N-methyl/N-ethyl adjacent to an activating group) is 2. The molecule has 0 aromatic heterocycles. The molecule has 0 spiro atoms. The van der Waals surface area contributed by atoms with Crippen LogP contribution >= 0.6 is 0 Å². The van der Waals surface area contributed by atoms with E-state index in [0.29, 0.717) is 0 Å². The quantitative estimate of drug-likeness (QED) is 0.703. The fourth-order valence-corrected chi connectivity index (χ4v) is 1.57. The first-order valence-electron chi connectivity index (χ1n) is 6.18. The van der Waals surface area contributed by atoms with Gasteiger partial charge in [0, 0.05) is 12.6 Å². The first kappa shape index (κ1) is 16.4. The van der Waals surface area contributed by atoms with Crippen LogP contribution in [0, 0.1) is 0 Å². The molecule has 1 atom stereocenters. The van der Waals surface area contributed by atoms with Gasteiger partial charge in [-0.1, -0.05) is 34.1 Å². The smallest absolute Gasteiger partial charge is 0.0191 e. The van der Waals surface area contributed by atoms with Crippen LogP contribution in [0.1, 0.15) is 47.0 Å². The summed E-state index contributed by atoms with van der Waals surface area (Å²) in [7, 11) is 4.26. The molecule has 0 aromatic rings. The third-order valence-corrected chi connectivity index (χ3v) is 2.28. The number of hydrogen-bond donors (Lipinski definition) is 1. The molecule has 1 rings (SSSR count). The molecule has 0 saturated carbocycles. The van der Waals surface area contributed by atoms with E-state index in [0.717, 1.165) is 6.04 Å². The molecular weight excluding hydrogens is 172 g/mol. The van der Waals surface area contributed by atoms with Gasteiger partial charge in [-0.2, -0.15) is 0 Å². The Morgan fingerprint density at radius 2 is 1.64 bits per heavy atom. The maximum atomic E-state index is 3.33. The molecule has 2 heteroatoms. The van der Waals surface area contributed by atoms with Crippen LogP contribution in [0.4, 0.5) is 0 Å². The highest BCUT2D eigenvalue weighted by Gasteiger charge is 2.12. The normalized spacial score (nSPS) is 22.3.